The molecule has 1 aliphatic rings. The molecule has 1 amide bonds. The molecule has 1 saturated heterocycles. The van der Waals surface area contributed by atoms with Crippen molar-refractivity contribution in [1.82, 2.24) is 20.0 Å². The molecule has 1 aromatic heterocycles. The second kappa shape index (κ2) is 5.71. The predicted octanol–water partition coefficient (Wildman–Crippen LogP) is 0.893. The van der Waals surface area contributed by atoms with Crippen LogP contribution in [0.3, 0.4) is 0 Å². The molecule has 1 aliphatic heterocycles. The Morgan fingerprint density at radius 1 is 1.44 bits per heavy atom. The normalized spacial score (nSPS) is 19.6. The van der Waals surface area contributed by atoms with E-state index in [9.17, 15) is 4.79 Å². The van der Waals surface area contributed by atoms with Crippen molar-refractivity contribution in [3.63, 3.8) is 0 Å². The van der Waals surface area contributed by atoms with E-state index in [1.54, 1.807) is 4.68 Å². The highest BCUT2D eigenvalue weighted by Crippen LogP contribution is 2.15. The highest BCUT2D eigenvalue weighted by Gasteiger charge is 2.26. The van der Waals surface area contributed by atoms with Gasteiger partial charge < -0.3 is 10.2 Å². The molecule has 1 atom stereocenters. The zero-order chi connectivity index (χ0) is 12.6. The first-order valence-corrected chi connectivity index (χ1v) is 6.03. The molecule has 0 aliphatic carbocycles. The molecule has 1 fully saturated rings. The van der Waals surface area contributed by atoms with E-state index in [2.05, 4.69) is 17.3 Å². The van der Waals surface area contributed by atoms with Crippen molar-refractivity contribution in [1.29, 1.82) is 0 Å². The summed E-state index contributed by atoms with van der Waals surface area (Å²) in [5.41, 5.74) is 2.53. The molecule has 18 heavy (non-hydrogen) atoms. The molecule has 0 unspecified atom stereocenters. The smallest absolute Gasteiger partial charge is 0.257 e. The number of nitrogens with zero attached hydrogens (tertiary/aromatic N) is 3. The standard InChI is InChI=1S/C12H20N4O.ClH/c1-8-7-16(6-5-13-8)12(17)11-9(2)14-15(4)10(11)3;/h8,13H,5-7H2,1-4H3;1H/t8-;/m0./s1. The average molecular weight is 273 g/mol. The fourth-order valence-corrected chi connectivity index (χ4v) is 2.36. The fraction of sp³-hybridized carbons (Fsp3) is 0.667. The molecule has 0 saturated carbocycles. The van der Waals surface area contributed by atoms with E-state index >= 15 is 0 Å². The first kappa shape index (κ1) is 15.0. The minimum absolute atomic E-state index is 0. The van der Waals surface area contributed by atoms with Gasteiger partial charge in [-0.25, -0.2) is 0 Å². The first-order chi connectivity index (χ1) is 8.00. The van der Waals surface area contributed by atoms with E-state index in [0.717, 1.165) is 36.6 Å². The summed E-state index contributed by atoms with van der Waals surface area (Å²) >= 11 is 0. The largest absolute Gasteiger partial charge is 0.336 e. The summed E-state index contributed by atoms with van der Waals surface area (Å²) in [4.78, 5) is 14.4. The summed E-state index contributed by atoms with van der Waals surface area (Å²) in [6.07, 6.45) is 0. The Labute approximate surface area is 114 Å². The van der Waals surface area contributed by atoms with E-state index in [-0.39, 0.29) is 18.3 Å². The number of piperazine rings is 1. The summed E-state index contributed by atoms with van der Waals surface area (Å²) in [5.74, 6) is 0.112. The molecule has 6 heteroatoms. The van der Waals surface area contributed by atoms with Gasteiger partial charge in [-0.3, -0.25) is 9.48 Å². The van der Waals surface area contributed by atoms with Gasteiger partial charge in [0.1, 0.15) is 0 Å². The van der Waals surface area contributed by atoms with Crippen molar-refractivity contribution in [2.24, 2.45) is 7.05 Å². The Kier molecular flexibility index (Phi) is 4.76. The minimum atomic E-state index is 0. The van der Waals surface area contributed by atoms with Crippen LogP contribution in [0.1, 0.15) is 28.7 Å². The number of aromatic nitrogens is 2. The van der Waals surface area contributed by atoms with Crippen LogP contribution in [0.25, 0.3) is 0 Å². The Morgan fingerprint density at radius 3 is 2.61 bits per heavy atom. The number of hydrogen-bond donors (Lipinski definition) is 1. The lowest BCUT2D eigenvalue weighted by Gasteiger charge is -2.32. The third kappa shape index (κ3) is 2.67. The van der Waals surface area contributed by atoms with Crippen LogP contribution in [-0.4, -0.2) is 46.3 Å². The van der Waals surface area contributed by atoms with Gasteiger partial charge in [0.15, 0.2) is 0 Å². The van der Waals surface area contributed by atoms with Gasteiger partial charge in [0.05, 0.1) is 11.3 Å². The van der Waals surface area contributed by atoms with Crippen molar-refractivity contribution in [2.75, 3.05) is 19.6 Å². The van der Waals surface area contributed by atoms with Gasteiger partial charge in [-0.15, -0.1) is 12.4 Å². The van der Waals surface area contributed by atoms with Crippen LogP contribution in [0, 0.1) is 13.8 Å². The number of carbonyl (C=O) groups is 1. The lowest BCUT2D eigenvalue weighted by Crippen LogP contribution is -2.51. The van der Waals surface area contributed by atoms with E-state index in [0.29, 0.717) is 6.04 Å². The summed E-state index contributed by atoms with van der Waals surface area (Å²) in [6, 6.07) is 0.366. The number of carbonyl (C=O) groups excluding carboxylic acids is 1. The quantitative estimate of drug-likeness (QED) is 0.826. The van der Waals surface area contributed by atoms with Crippen molar-refractivity contribution in [3.8, 4) is 0 Å². The highest BCUT2D eigenvalue weighted by atomic mass is 35.5. The van der Waals surface area contributed by atoms with Crippen LogP contribution in [-0.2, 0) is 7.05 Å². The summed E-state index contributed by atoms with van der Waals surface area (Å²) in [7, 11) is 1.87. The molecule has 1 aromatic rings. The monoisotopic (exact) mass is 272 g/mol. The molecule has 2 heterocycles. The third-order valence-electron chi connectivity index (χ3n) is 3.38. The maximum atomic E-state index is 12.4. The predicted molar refractivity (Wildman–Crippen MR) is 73.3 cm³/mol. The molecule has 1 N–H and O–H groups in total. The third-order valence-corrected chi connectivity index (χ3v) is 3.38. The molecule has 2 rings (SSSR count). The SMILES string of the molecule is Cc1nn(C)c(C)c1C(=O)N1CCN[C@@H](C)C1.Cl. The molecular weight excluding hydrogens is 252 g/mol. The Morgan fingerprint density at radius 2 is 2.11 bits per heavy atom. The summed E-state index contributed by atoms with van der Waals surface area (Å²) in [6.45, 7) is 8.35. The summed E-state index contributed by atoms with van der Waals surface area (Å²) in [5, 5.41) is 7.64. The number of aryl methyl sites for hydroxylation is 2. The van der Waals surface area contributed by atoms with Crippen LogP contribution in [0.15, 0.2) is 0 Å². The van der Waals surface area contributed by atoms with Crippen molar-refractivity contribution >= 4 is 18.3 Å². The van der Waals surface area contributed by atoms with Gasteiger partial charge in [0.2, 0.25) is 0 Å². The van der Waals surface area contributed by atoms with Crippen LogP contribution in [0.5, 0.6) is 0 Å². The van der Waals surface area contributed by atoms with E-state index < -0.39 is 0 Å². The number of hydrogen-bond acceptors (Lipinski definition) is 3. The highest BCUT2D eigenvalue weighted by molar-refractivity contribution is 5.96. The molecular formula is C12H21ClN4O. The van der Waals surface area contributed by atoms with Crippen LogP contribution in [0.2, 0.25) is 0 Å². The Hall–Kier alpha value is -1.07. The molecule has 5 nitrogen and oxygen atoms in total. The van der Waals surface area contributed by atoms with Gasteiger partial charge in [-0.2, -0.15) is 5.10 Å². The maximum absolute atomic E-state index is 12.4. The van der Waals surface area contributed by atoms with Crippen molar-refractivity contribution in [2.45, 2.75) is 26.8 Å². The number of nitrogens with one attached hydrogen (secondary N) is 1. The molecule has 102 valence electrons. The zero-order valence-corrected chi connectivity index (χ0v) is 12.2. The van der Waals surface area contributed by atoms with Gasteiger partial charge in [0, 0.05) is 38.4 Å². The maximum Gasteiger partial charge on any atom is 0.257 e. The van der Waals surface area contributed by atoms with E-state index in [1.807, 2.05) is 25.8 Å². The average Bonchev–Trinajstić information content (AvgIpc) is 2.52. The zero-order valence-electron chi connectivity index (χ0n) is 11.4. The Balaban J connectivity index is 0.00000162. The minimum Gasteiger partial charge on any atom is -0.336 e. The van der Waals surface area contributed by atoms with Gasteiger partial charge >= 0.3 is 0 Å². The number of halogens is 1. The number of amides is 1. The second-order valence-electron chi connectivity index (χ2n) is 4.78. The second-order valence-corrected chi connectivity index (χ2v) is 4.78. The molecule has 0 radical (unpaired) electrons. The van der Waals surface area contributed by atoms with Gasteiger partial charge in [0.25, 0.3) is 5.91 Å². The van der Waals surface area contributed by atoms with Gasteiger partial charge in [-0.1, -0.05) is 0 Å². The van der Waals surface area contributed by atoms with Crippen LogP contribution in [0.4, 0.5) is 0 Å². The van der Waals surface area contributed by atoms with Crippen LogP contribution >= 0.6 is 12.4 Å². The van der Waals surface area contributed by atoms with E-state index in [4.69, 9.17) is 0 Å². The molecule has 0 spiro atoms. The fourth-order valence-electron chi connectivity index (χ4n) is 2.36. The van der Waals surface area contributed by atoms with E-state index in [1.165, 1.54) is 0 Å². The molecule has 0 aromatic carbocycles. The Bertz CT molecular complexity index is 444. The van der Waals surface area contributed by atoms with Crippen molar-refractivity contribution < 1.29 is 4.79 Å². The van der Waals surface area contributed by atoms with Crippen molar-refractivity contribution in [3.05, 3.63) is 17.0 Å². The molecule has 0 bridgehead atoms. The van der Waals surface area contributed by atoms with Crippen LogP contribution < -0.4 is 5.32 Å². The first-order valence-electron chi connectivity index (χ1n) is 6.03. The topological polar surface area (TPSA) is 50.2 Å². The lowest BCUT2D eigenvalue weighted by atomic mass is 10.1. The summed E-state index contributed by atoms with van der Waals surface area (Å²) < 4.78 is 1.77. The lowest BCUT2D eigenvalue weighted by molar-refractivity contribution is 0.0707. The van der Waals surface area contributed by atoms with Gasteiger partial charge in [-0.05, 0) is 20.8 Å². The number of rotatable bonds is 1.